The van der Waals surface area contributed by atoms with E-state index in [0.717, 1.165) is 4.83 Å². The Labute approximate surface area is 63.1 Å². The Kier molecular flexibility index (Phi) is 1.08. The van der Waals surface area contributed by atoms with Crippen LogP contribution in [-0.2, 0) is 7.05 Å². The van der Waals surface area contributed by atoms with Gasteiger partial charge in [0.15, 0.2) is 0 Å². The van der Waals surface area contributed by atoms with Crippen LogP contribution in [0.2, 0.25) is 0 Å². The average Bonchev–Trinajstić information content (AvgIpc) is 2.40. The van der Waals surface area contributed by atoms with Crippen LogP contribution in [0, 0.1) is 6.92 Å². The van der Waals surface area contributed by atoms with Crippen LogP contribution in [0.3, 0.4) is 0 Å². The molecule has 2 rings (SSSR count). The van der Waals surface area contributed by atoms with Crippen molar-refractivity contribution in [3.8, 4) is 0 Å². The Balaban J connectivity index is 2.98. The third-order valence-corrected chi connectivity index (χ3v) is 2.62. The second-order valence-electron chi connectivity index (χ2n) is 2.43. The minimum atomic E-state index is 1.14. The van der Waals surface area contributed by atoms with E-state index in [1.54, 1.807) is 11.3 Å². The number of hydrogen-bond acceptors (Lipinski definition) is 2. The summed E-state index contributed by atoms with van der Waals surface area (Å²) in [6.07, 6.45) is 1.86. The maximum atomic E-state index is 4.22. The van der Waals surface area contributed by atoms with E-state index in [1.807, 2.05) is 13.4 Å². The highest BCUT2D eigenvalue weighted by Gasteiger charge is 2.02. The first-order valence-corrected chi connectivity index (χ1v) is 4.02. The molecule has 0 aliphatic rings. The molecule has 0 spiro atoms. The predicted molar refractivity (Wildman–Crippen MR) is 43.3 cm³/mol. The van der Waals surface area contributed by atoms with Crippen LogP contribution in [0.4, 0.5) is 0 Å². The molecule has 0 aliphatic carbocycles. The molecule has 52 valence electrons. The second-order valence-corrected chi connectivity index (χ2v) is 3.29. The highest BCUT2D eigenvalue weighted by molar-refractivity contribution is 7.16. The van der Waals surface area contributed by atoms with Gasteiger partial charge in [0.1, 0.15) is 4.83 Å². The molecule has 2 aromatic rings. The molecule has 2 aromatic heterocycles. The third kappa shape index (κ3) is 0.609. The zero-order chi connectivity index (χ0) is 7.14. The van der Waals surface area contributed by atoms with E-state index < -0.39 is 0 Å². The van der Waals surface area contributed by atoms with E-state index in [0.29, 0.717) is 0 Å². The minimum Gasteiger partial charge on any atom is -0.333 e. The van der Waals surface area contributed by atoms with Gasteiger partial charge in [-0.1, -0.05) is 0 Å². The van der Waals surface area contributed by atoms with Gasteiger partial charge >= 0.3 is 0 Å². The average molecular weight is 152 g/mol. The molecule has 10 heavy (non-hydrogen) atoms. The van der Waals surface area contributed by atoms with E-state index in [9.17, 15) is 0 Å². The van der Waals surface area contributed by atoms with Crippen molar-refractivity contribution in [2.75, 3.05) is 0 Å². The van der Waals surface area contributed by atoms with Crippen LogP contribution < -0.4 is 0 Å². The zero-order valence-corrected chi connectivity index (χ0v) is 6.77. The number of aryl methyl sites for hydroxylation is 2. The first kappa shape index (κ1) is 5.92. The standard InChI is InChI=1S/C7H8N2S/c1-5-3-10-7-6(5)9(2)4-8-7/h3-4H,1-2H3. The van der Waals surface area contributed by atoms with E-state index in [1.165, 1.54) is 11.1 Å². The Hall–Kier alpha value is -0.830. The summed E-state index contributed by atoms with van der Waals surface area (Å²) in [4.78, 5) is 5.36. The van der Waals surface area contributed by atoms with Gasteiger partial charge in [0.2, 0.25) is 0 Å². The Morgan fingerprint density at radius 1 is 1.60 bits per heavy atom. The molecule has 0 radical (unpaired) electrons. The first-order chi connectivity index (χ1) is 4.79. The van der Waals surface area contributed by atoms with Crippen molar-refractivity contribution in [1.29, 1.82) is 0 Å². The van der Waals surface area contributed by atoms with Crippen molar-refractivity contribution in [3.05, 3.63) is 17.3 Å². The molecule has 0 aliphatic heterocycles. The van der Waals surface area contributed by atoms with E-state index >= 15 is 0 Å². The molecule has 0 saturated heterocycles. The highest BCUT2D eigenvalue weighted by Crippen LogP contribution is 2.22. The number of nitrogens with zero attached hydrogens (tertiary/aromatic N) is 2. The van der Waals surface area contributed by atoms with Crippen molar-refractivity contribution in [3.63, 3.8) is 0 Å². The second kappa shape index (κ2) is 1.83. The van der Waals surface area contributed by atoms with Crippen LogP contribution in [0.25, 0.3) is 10.3 Å². The molecule has 2 heterocycles. The summed E-state index contributed by atoms with van der Waals surface area (Å²) < 4.78 is 2.06. The van der Waals surface area contributed by atoms with Gasteiger partial charge in [-0.3, -0.25) is 0 Å². The molecule has 0 aromatic carbocycles. The largest absolute Gasteiger partial charge is 0.333 e. The molecule has 2 nitrogen and oxygen atoms in total. The van der Waals surface area contributed by atoms with Gasteiger partial charge in [0.25, 0.3) is 0 Å². The minimum absolute atomic E-state index is 1.14. The first-order valence-electron chi connectivity index (χ1n) is 3.14. The number of hydrogen-bond donors (Lipinski definition) is 0. The van der Waals surface area contributed by atoms with Crippen LogP contribution in [0.15, 0.2) is 11.7 Å². The summed E-state index contributed by atoms with van der Waals surface area (Å²) in [7, 11) is 2.02. The summed E-state index contributed by atoms with van der Waals surface area (Å²) in [5.41, 5.74) is 2.59. The number of imidazole rings is 1. The Morgan fingerprint density at radius 2 is 2.40 bits per heavy atom. The molecular weight excluding hydrogens is 144 g/mol. The fourth-order valence-corrected chi connectivity index (χ4v) is 2.07. The number of rotatable bonds is 0. The fourth-order valence-electron chi connectivity index (χ4n) is 1.14. The van der Waals surface area contributed by atoms with Gasteiger partial charge in [-0.15, -0.1) is 11.3 Å². The predicted octanol–water partition coefficient (Wildman–Crippen LogP) is 1.94. The van der Waals surface area contributed by atoms with Crippen LogP contribution in [-0.4, -0.2) is 9.55 Å². The normalized spacial score (nSPS) is 11.0. The summed E-state index contributed by atoms with van der Waals surface area (Å²) in [5, 5.41) is 2.14. The molecular formula is C7H8N2S. The van der Waals surface area contributed by atoms with Crippen molar-refractivity contribution in [1.82, 2.24) is 9.55 Å². The Morgan fingerprint density at radius 3 is 3.10 bits per heavy atom. The molecule has 0 saturated carbocycles. The van der Waals surface area contributed by atoms with Crippen molar-refractivity contribution in [2.24, 2.45) is 7.05 Å². The molecule has 0 bridgehead atoms. The molecule has 3 heteroatoms. The molecule has 0 amide bonds. The van der Waals surface area contributed by atoms with Gasteiger partial charge in [-0.2, -0.15) is 0 Å². The lowest BCUT2D eigenvalue weighted by atomic mass is 10.3. The van der Waals surface area contributed by atoms with Crippen LogP contribution >= 0.6 is 11.3 Å². The van der Waals surface area contributed by atoms with Crippen molar-refractivity contribution < 1.29 is 0 Å². The quantitative estimate of drug-likeness (QED) is 0.564. The fraction of sp³-hybridized carbons (Fsp3) is 0.286. The summed E-state index contributed by atoms with van der Waals surface area (Å²) >= 11 is 1.70. The monoisotopic (exact) mass is 152 g/mol. The lowest BCUT2D eigenvalue weighted by molar-refractivity contribution is 0.944. The SMILES string of the molecule is Cc1csc2ncn(C)c12. The molecule has 0 atom stereocenters. The number of fused-ring (bicyclic) bond motifs is 1. The Bertz CT molecular complexity index is 327. The van der Waals surface area contributed by atoms with Crippen LogP contribution in [0.5, 0.6) is 0 Å². The van der Waals surface area contributed by atoms with Gasteiger partial charge in [0, 0.05) is 7.05 Å². The topological polar surface area (TPSA) is 17.8 Å². The number of aromatic nitrogens is 2. The van der Waals surface area contributed by atoms with E-state index in [-0.39, 0.29) is 0 Å². The smallest absolute Gasteiger partial charge is 0.141 e. The van der Waals surface area contributed by atoms with Gasteiger partial charge in [-0.05, 0) is 17.9 Å². The summed E-state index contributed by atoms with van der Waals surface area (Å²) in [6.45, 7) is 2.11. The van der Waals surface area contributed by atoms with Gasteiger partial charge in [0.05, 0.1) is 11.8 Å². The third-order valence-electron chi connectivity index (χ3n) is 1.62. The van der Waals surface area contributed by atoms with Gasteiger partial charge < -0.3 is 4.57 Å². The summed E-state index contributed by atoms with van der Waals surface area (Å²) in [5.74, 6) is 0. The lowest BCUT2D eigenvalue weighted by Crippen LogP contribution is -1.83. The van der Waals surface area contributed by atoms with Crippen LogP contribution in [0.1, 0.15) is 5.56 Å². The zero-order valence-electron chi connectivity index (χ0n) is 5.96. The maximum Gasteiger partial charge on any atom is 0.141 e. The lowest BCUT2D eigenvalue weighted by Gasteiger charge is -1.89. The summed E-state index contributed by atoms with van der Waals surface area (Å²) in [6, 6.07) is 0. The van der Waals surface area contributed by atoms with E-state index in [4.69, 9.17) is 0 Å². The molecule has 0 unspecified atom stereocenters. The van der Waals surface area contributed by atoms with Crippen molar-refractivity contribution in [2.45, 2.75) is 6.92 Å². The molecule has 0 fully saturated rings. The van der Waals surface area contributed by atoms with E-state index in [2.05, 4.69) is 21.9 Å². The maximum absolute atomic E-state index is 4.22. The van der Waals surface area contributed by atoms with Crippen molar-refractivity contribution >= 4 is 21.7 Å². The molecule has 0 N–H and O–H groups in total. The number of thiophene rings is 1. The highest BCUT2D eigenvalue weighted by atomic mass is 32.1. The van der Waals surface area contributed by atoms with Gasteiger partial charge in [-0.25, -0.2) is 4.98 Å².